The number of imidazole rings is 1. The molecule has 4 heteroatoms. The number of hydrogen-bond acceptors (Lipinski definition) is 3. The van der Waals surface area contributed by atoms with E-state index in [0.29, 0.717) is 12.5 Å². The minimum atomic E-state index is 0.633. The molecule has 2 rings (SSSR count). The highest BCUT2D eigenvalue weighted by molar-refractivity contribution is 5.09. The fourth-order valence-electron chi connectivity index (χ4n) is 1.90. The predicted molar refractivity (Wildman–Crippen MR) is 51.5 cm³/mol. The maximum absolute atomic E-state index is 5.52. The van der Waals surface area contributed by atoms with E-state index in [2.05, 4.69) is 14.9 Å². The summed E-state index contributed by atoms with van der Waals surface area (Å²) in [6.45, 7) is 3.77. The molecular formula is C9H16N4. The van der Waals surface area contributed by atoms with Crippen LogP contribution in [0.1, 0.15) is 18.0 Å². The second-order valence-corrected chi connectivity index (χ2v) is 3.49. The van der Waals surface area contributed by atoms with Crippen molar-refractivity contribution in [3.05, 3.63) is 18.2 Å². The molecule has 1 aliphatic rings. The van der Waals surface area contributed by atoms with Gasteiger partial charge in [0.1, 0.15) is 0 Å². The summed E-state index contributed by atoms with van der Waals surface area (Å²) in [5.74, 6) is 0.633. The van der Waals surface area contributed by atoms with Crippen molar-refractivity contribution < 1.29 is 0 Å². The first-order valence-electron chi connectivity index (χ1n) is 4.82. The molecule has 1 saturated heterocycles. The number of nitrogens with one attached hydrogen (secondary N) is 1. The summed E-state index contributed by atoms with van der Waals surface area (Å²) in [6.07, 6.45) is 5.06. The van der Waals surface area contributed by atoms with Crippen LogP contribution in [0.4, 0.5) is 0 Å². The van der Waals surface area contributed by atoms with E-state index in [1.54, 1.807) is 0 Å². The number of aromatic nitrogens is 2. The van der Waals surface area contributed by atoms with Crippen LogP contribution in [0, 0.1) is 0 Å². The van der Waals surface area contributed by atoms with E-state index in [1.807, 2.05) is 12.5 Å². The van der Waals surface area contributed by atoms with Gasteiger partial charge >= 0.3 is 0 Å². The van der Waals surface area contributed by atoms with E-state index in [9.17, 15) is 0 Å². The molecule has 3 N–H and O–H groups in total. The molecule has 0 aromatic carbocycles. The fourth-order valence-corrected chi connectivity index (χ4v) is 1.90. The Morgan fingerprint density at radius 2 is 2.62 bits per heavy atom. The third-order valence-corrected chi connectivity index (χ3v) is 2.59. The van der Waals surface area contributed by atoms with E-state index in [4.69, 9.17) is 5.73 Å². The molecule has 2 heterocycles. The molecule has 0 radical (unpaired) electrons. The minimum Gasteiger partial charge on any atom is -0.333 e. The summed E-state index contributed by atoms with van der Waals surface area (Å²) in [7, 11) is 0. The van der Waals surface area contributed by atoms with Gasteiger partial charge in [0.2, 0.25) is 0 Å². The first-order chi connectivity index (χ1) is 6.42. The van der Waals surface area contributed by atoms with Gasteiger partial charge in [-0.05, 0) is 13.0 Å². The van der Waals surface area contributed by atoms with Crippen LogP contribution in [-0.4, -0.2) is 29.2 Å². The molecule has 72 valence electrons. The Bertz CT molecular complexity index is 262. The lowest BCUT2D eigenvalue weighted by Gasteiger charge is -2.11. The van der Waals surface area contributed by atoms with Crippen LogP contribution in [0.2, 0.25) is 0 Å². The zero-order chi connectivity index (χ0) is 9.10. The zero-order valence-electron chi connectivity index (χ0n) is 7.74. The molecule has 4 nitrogen and oxygen atoms in total. The maximum Gasteiger partial charge on any atom is 0.0948 e. The third kappa shape index (κ3) is 1.73. The molecule has 1 aromatic heterocycles. The number of nitrogens with two attached hydrogens (primary N) is 1. The number of nitrogens with zero attached hydrogens (tertiary/aromatic N) is 2. The molecule has 1 aliphatic heterocycles. The Morgan fingerprint density at radius 1 is 1.69 bits per heavy atom. The molecule has 1 fully saturated rings. The first kappa shape index (κ1) is 8.72. The quantitative estimate of drug-likeness (QED) is 0.684. The van der Waals surface area contributed by atoms with Crippen molar-refractivity contribution in [3.8, 4) is 0 Å². The van der Waals surface area contributed by atoms with Gasteiger partial charge in [-0.3, -0.25) is 0 Å². The van der Waals surface area contributed by atoms with Gasteiger partial charge < -0.3 is 15.6 Å². The highest BCUT2D eigenvalue weighted by atomic mass is 15.1. The van der Waals surface area contributed by atoms with Crippen LogP contribution in [0.5, 0.6) is 0 Å². The van der Waals surface area contributed by atoms with Crippen molar-refractivity contribution >= 4 is 0 Å². The average Bonchev–Trinajstić information content (AvgIpc) is 2.71. The highest BCUT2D eigenvalue weighted by Crippen LogP contribution is 2.21. The van der Waals surface area contributed by atoms with Crippen LogP contribution in [0.3, 0.4) is 0 Å². The molecule has 0 aliphatic carbocycles. The van der Waals surface area contributed by atoms with Gasteiger partial charge in [-0.2, -0.15) is 0 Å². The number of hydrogen-bond donors (Lipinski definition) is 2. The van der Waals surface area contributed by atoms with Gasteiger partial charge in [-0.1, -0.05) is 0 Å². The van der Waals surface area contributed by atoms with Gasteiger partial charge in [-0.25, -0.2) is 4.98 Å². The third-order valence-electron chi connectivity index (χ3n) is 2.59. The number of rotatable bonds is 3. The van der Waals surface area contributed by atoms with Gasteiger partial charge in [-0.15, -0.1) is 0 Å². The smallest absolute Gasteiger partial charge is 0.0948 e. The Hall–Kier alpha value is -0.870. The Labute approximate surface area is 78.1 Å². The van der Waals surface area contributed by atoms with Crippen LogP contribution in [0.25, 0.3) is 0 Å². The van der Waals surface area contributed by atoms with E-state index in [-0.39, 0.29) is 0 Å². The summed E-state index contributed by atoms with van der Waals surface area (Å²) < 4.78 is 2.16. The van der Waals surface area contributed by atoms with Crippen molar-refractivity contribution in [1.29, 1.82) is 0 Å². The maximum atomic E-state index is 5.52. The second kappa shape index (κ2) is 3.89. The SMILES string of the molecule is NCCn1cncc1C1CCNC1. The largest absolute Gasteiger partial charge is 0.333 e. The average molecular weight is 180 g/mol. The van der Waals surface area contributed by atoms with Crippen molar-refractivity contribution in [2.24, 2.45) is 5.73 Å². The lowest BCUT2D eigenvalue weighted by atomic mass is 10.1. The standard InChI is InChI=1S/C9H16N4/c10-2-4-13-7-12-6-9(13)8-1-3-11-5-8/h6-8,11H,1-5,10H2. The van der Waals surface area contributed by atoms with E-state index in [1.165, 1.54) is 12.1 Å². The predicted octanol–water partition coefficient (Wildman–Crippen LogP) is -0.0813. The van der Waals surface area contributed by atoms with Gasteiger partial charge in [0.15, 0.2) is 0 Å². The van der Waals surface area contributed by atoms with Crippen LogP contribution >= 0.6 is 0 Å². The normalized spacial score (nSPS) is 22.4. The van der Waals surface area contributed by atoms with E-state index >= 15 is 0 Å². The summed E-state index contributed by atoms with van der Waals surface area (Å²) >= 11 is 0. The van der Waals surface area contributed by atoms with E-state index in [0.717, 1.165) is 19.6 Å². The van der Waals surface area contributed by atoms with Gasteiger partial charge in [0.05, 0.1) is 6.33 Å². The summed E-state index contributed by atoms with van der Waals surface area (Å²) in [6, 6.07) is 0. The molecular weight excluding hydrogens is 164 g/mol. The fraction of sp³-hybridized carbons (Fsp3) is 0.667. The minimum absolute atomic E-state index is 0.633. The zero-order valence-corrected chi connectivity index (χ0v) is 7.74. The monoisotopic (exact) mass is 180 g/mol. The molecule has 0 spiro atoms. The van der Waals surface area contributed by atoms with Crippen LogP contribution < -0.4 is 11.1 Å². The molecule has 1 aromatic rings. The highest BCUT2D eigenvalue weighted by Gasteiger charge is 2.19. The molecule has 0 saturated carbocycles. The lowest BCUT2D eigenvalue weighted by molar-refractivity contribution is 0.619. The molecule has 1 atom stereocenters. The van der Waals surface area contributed by atoms with Crippen LogP contribution in [-0.2, 0) is 6.54 Å². The Kier molecular flexibility index (Phi) is 2.61. The van der Waals surface area contributed by atoms with Gasteiger partial charge in [0.25, 0.3) is 0 Å². The van der Waals surface area contributed by atoms with Crippen molar-refractivity contribution in [2.75, 3.05) is 19.6 Å². The summed E-state index contributed by atoms with van der Waals surface area (Å²) in [5, 5.41) is 3.36. The molecule has 0 amide bonds. The molecule has 1 unspecified atom stereocenters. The molecule has 13 heavy (non-hydrogen) atoms. The van der Waals surface area contributed by atoms with Crippen molar-refractivity contribution in [3.63, 3.8) is 0 Å². The topological polar surface area (TPSA) is 55.9 Å². The van der Waals surface area contributed by atoms with Crippen molar-refractivity contribution in [1.82, 2.24) is 14.9 Å². The molecule has 0 bridgehead atoms. The van der Waals surface area contributed by atoms with Crippen molar-refractivity contribution in [2.45, 2.75) is 18.9 Å². The van der Waals surface area contributed by atoms with Gasteiger partial charge in [0, 0.05) is 37.4 Å². The summed E-state index contributed by atoms with van der Waals surface area (Å²) in [4.78, 5) is 4.16. The first-order valence-corrected chi connectivity index (χ1v) is 4.82. The van der Waals surface area contributed by atoms with E-state index < -0.39 is 0 Å². The Balaban J connectivity index is 2.13. The second-order valence-electron chi connectivity index (χ2n) is 3.49. The lowest BCUT2D eigenvalue weighted by Crippen LogP contribution is -2.15. The Morgan fingerprint density at radius 3 is 3.31 bits per heavy atom. The summed E-state index contributed by atoms with van der Waals surface area (Å²) in [5.41, 5.74) is 6.85. The van der Waals surface area contributed by atoms with Crippen LogP contribution in [0.15, 0.2) is 12.5 Å².